The summed E-state index contributed by atoms with van der Waals surface area (Å²) in [6, 6.07) is 0. The summed E-state index contributed by atoms with van der Waals surface area (Å²) in [7, 11) is 1.79. The third-order valence-electron chi connectivity index (χ3n) is 1.51. The number of hydrogen-bond donors (Lipinski definition) is 0. The van der Waals surface area contributed by atoms with Gasteiger partial charge in [0.2, 0.25) is 0 Å². The Bertz CT molecular complexity index is 242. The van der Waals surface area contributed by atoms with Crippen LogP contribution in [0.15, 0.2) is 0 Å². The van der Waals surface area contributed by atoms with Gasteiger partial charge in [0.1, 0.15) is 6.35 Å². The van der Waals surface area contributed by atoms with Crippen LogP contribution < -0.4 is 0 Å². The van der Waals surface area contributed by atoms with E-state index in [2.05, 4.69) is 27.4 Å². The Kier molecular flexibility index (Phi) is 11.7. The van der Waals surface area contributed by atoms with Gasteiger partial charge >= 0.3 is 15.4 Å². The minimum atomic E-state index is -3.16. The predicted octanol–water partition coefficient (Wildman–Crippen LogP) is 2.11. The maximum absolute atomic E-state index is 11.0. The van der Waals surface area contributed by atoms with Gasteiger partial charge in [-0.2, -0.15) is 0 Å². The van der Waals surface area contributed by atoms with Gasteiger partial charge in [0.15, 0.2) is 0 Å². The van der Waals surface area contributed by atoms with Crippen LogP contribution in [0.3, 0.4) is 0 Å². The van der Waals surface area contributed by atoms with E-state index in [9.17, 15) is 9.13 Å². The minimum Gasteiger partial charge on any atom is -0.372 e. The monoisotopic (exact) mass is 294 g/mol. The zero-order chi connectivity index (χ0) is 13.9. The molecule has 0 amide bonds. The molecule has 0 saturated carbocycles. The minimum absolute atomic E-state index is 0. The quantitative estimate of drug-likeness (QED) is 0.659. The van der Waals surface area contributed by atoms with E-state index in [0.717, 1.165) is 0 Å². The molecule has 8 nitrogen and oxygen atoms in total. The molecule has 0 N–H and O–H groups in total. The first kappa shape index (κ1) is 19.6. The summed E-state index contributed by atoms with van der Waals surface area (Å²) in [5.41, 5.74) is 0. The molecular formula is C7H20O8P2. The van der Waals surface area contributed by atoms with Gasteiger partial charge < -0.3 is 13.8 Å². The molecule has 0 aromatic heterocycles. The fraction of sp³-hybridized carbons (Fsp3) is 1.00. The van der Waals surface area contributed by atoms with Crippen LogP contribution in [0, 0.1) is 0 Å². The largest absolute Gasteiger partial charge is 0.473 e. The molecule has 0 aromatic carbocycles. The smallest absolute Gasteiger partial charge is 0.372 e. The summed E-state index contributed by atoms with van der Waals surface area (Å²) in [5.74, 6) is 0. The summed E-state index contributed by atoms with van der Waals surface area (Å²) in [6.07, 6.45) is 0. The van der Waals surface area contributed by atoms with E-state index >= 15 is 0 Å². The van der Waals surface area contributed by atoms with Crippen molar-refractivity contribution >= 4 is 15.4 Å². The lowest BCUT2D eigenvalue weighted by Crippen LogP contribution is -1.95. The molecule has 0 saturated heterocycles. The molecule has 10 heteroatoms. The van der Waals surface area contributed by atoms with Crippen LogP contribution in [0.5, 0.6) is 0 Å². The number of ether oxygens (including phenoxy) is 1. The summed E-state index contributed by atoms with van der Waals surface area (Å²) in [4.78, 5) is 0. The molecule has 0 spiro atoms. The predicted molar refractivity (Wildman–Crippen MR) is 62.1 cm³/mol. The van der Waals surface area contributed by atoms with Crippen molar-refractivity contribution < 1.29 is 36.5 Å². The van der Waals surface area contributed by atoms with E-state index in [1.165, 1.54) is 42.7 Å². The van der Waals surface area contributed by atoms with E-state index in [1.807, 2.05) is 0 Å². The first-order valence-corrected chi connectivity index (χ1v) is 7.52. The highest BCUT2D eigenvalue weighted by atomic mass is 31.2. The van der Waals surface area contributed by atoms with Crippen LogP contribution in [0.4, 0.5) is 0 Å². The topological polar surface area (TPSA) is 89.5 Å². The van der Waals surface area contributed by atoms with E-state index in [-0.39, 0.29) is 6.35 Å². The van der Waals surface area contributed by atoms with Crippen LogP contribution in [-0.2, 0) is 36.5 Å². The van der Waals surface area contributed by atoms with Gasteiger partial charge in [-0.15, -0.1) is 0 Å². The van der Waals surface area contributed by atoms with Crippen LogP contribution in [0.25, 0.3) is 0 Å². The molecule has 0 fully saturated rings. The van der Waals surface area contributed by atoms with Gasteiger partial charge in [-0.25, -0.2) is 4.57 Å². The molecule has 0 radical (unpaired) electrons. The first-order chi connectivity index (χ1) is 7.86. The van der Waals surface area contributed by atoms with Crippen molar-refractivity contribution in [2.24, 2.45) is 0 Å². The fourth-order valence-corrected chi connectivity index (χ4v) is 1.68. The highest BCUT2D eigenvalue weighted by Gasteiger charge is 2.19. The lowest BCUT2D eigenvalue weighted by atomic mass is 11.5. The molecule has 0 aliphatic heterocycles. The van der Waals surface area contributed by atoms with Crippen molar-refractivity contribution in [2.45, 2.75) is 0 Å². The van der Waals surface area contributed by atoms with Gasteiger partial charge in [0.25, 0.3) is 0 Å². The second-order valence-electron chi connectivity index (χ2n) is 2.39. The first-order valence-electron chi connectivity index (χ1n) is 4.33. The number of rotatable bonds is 7. The number of phosphoric acid groups is 1. The molecule has 106 valence electrons. The Morgan fingerprint density at radius 3 is 1.12 bits per heavy atom. The van der Waals surface area contributed by atoms with Crippen LogP contribution in [0.1, 0.15) is 0 Å². The van der Waals surface area contributed by atoms with Crippen molar-refractivity contribution in [3.05, 3.63) is 0 Å². The zero-order valence-electron chi connectivity index (χ0n) is 10.9. The average molecular weight is 294 g/mol. The number of hydrogen-bond acceptors (Lipinski definition) is 8. The Labute approximate surface area is 102 Å². The van der Waals surface area contributed by atoms with E-state index < -0.39 is 15.4 Å². The van der Waals surface area contributed by atoms with E-state index in [4.69, 9.17) is 0 Å². The summed E-state index contributed by atoms with van der Waals surface area (Å²) in [5, 5.41) is 0. The standard InChI is InChI=1S/C4H11O4P.C3H9O4P/c1-6-4-9(5,7-2)8-3;1-5-8(4,6-2)7-3/h4H2,1-3H3;1-3H3. The molecule has 0 unspecified atom stereocenters. The summed E-state index contributed by atoms with van der Waals surface area (Å²) in [6.45, 7) is 0. The van der Waals surface area contributed by atoms with Gasteiger partial charge in [-0.1, -0.05) is 0 Å². The molecule has 17 heavy (non-hydrogen) atoms. The summed E-state index contributed by atoms with van der Waals surface area (Å²) >= 11 is 0. The lowest BCUT2D eigenvalue weighted by molar-refractivity contribution is 0.178. The molecular weight excluding hydrogens is 274 g/mol. The fourth-order valence-electron chi connectivity index (χ4n) is 0.562. The second-order valence-corrected chi connectivity index (χ2v) is 6.59. The van der Waals surface area contributed by atoms with Crippen LogP contribution in [-0.4, -0.2) is 49.0 Å². The van der Waals surface area contributed by atoms with Gasteiger partial charge in [0, 0.05) is 42.7 Å². The summed E-state index contributed by atoms with van der Waals surface area (Å²) < 4.78 is 48.3. The number of phosphoric ester groups is 1. The van der Waals surface area contributed by atoms with Crippen LogP contribution >= 0.6 is 15.4 Å². The third-order valence-corrected chi connectivity index (χ3v) is 4.54. The van der Waals surface area contributed by atoms with Crippen molar-refractivity contribution in [2.75, 3.05) is 49.0 Å². The molecule has 0 rings (SSSR count). The van der Waals surface area contributed by atoms with Crippen molar-refractivity contribution in [1.82, 2.24) is 0 Å². The maximum Gasteiger partial charge on any atom is 0.473 e. The van der Waals surface area contributed by atoms with Crippen LogP contribution in [0.2, 0.25) is 0 Å². The zero-order valence-corrected chi connectivity index (χ0v) is 12.7. The third kappa shape index (κ3) is 8.88. The van der Waals surface area contributed by atoms with Crippen molar-refractivity contribution in [3.8, 4) is 0 Å². The highest BCUT2D eigenvalue weighted by molar-refractivity contribution is 7.53. The van der Waals surface area contributed by atoms with Crippen molar-refractivity contribution in [3.63, 3.8) is 0 Å². The highest BCUT2D eigenvalue weighted by Crippen LogP contribution is 2.46. The molecule has 0 bridgehead atoms. The Balaban J connectivity index is 0. The molecule has 0 aliphatic carbocycles. The molecule has 0 aliphatic rings. The SMILES string of the molecule is COCP(=O)(OC)OC.COP(=O)(OC)OC. The molecule has 0 aromatic rings. The van der Waals surface area contributed by atoms with Gasteiger partial charge in [-0.05, 0) is 0 Å². The Morgan fingerprint density at radius 1 is 0.706 bits per heavy atom. The van der Waals surface area contributed by atoms with Crippen molar-refractivity contribution in [1.29, 1.82) is 0 Å². The second kappa shape index (κ2) is 10.2. The Hall–Kier alpha value is 0.220. The van der Waals surface area contributed by atoms with E-state index in [1.54, 1.807) is 0 Å². The van der Waals surface area contributed by atoms with Gasteiger partial charge in [0.05, 0.1) is 0 Å². The molecule has 0 atom stereocenters. The van der Waals surface area contributed by atoms with Gasteiger partial charge in [-0.3, -0.25) is 18.1 Å². The molecule has 0 heterocycles. The number of methoxy groups -OCH3 is 1. The normalized spacial score (nSPS) is 11.9. The maximum atomic E-state index is 11.0. The lowest BCUT2D eigenvalue weighted by Gasteiger charge is -2.10. The Morgan fingerprint density at radius 2 is 1.06 bits per heavy atom. The average Bonchev–Trinajstić information content (AvgIpc) is 2.38. The van der Waals surface area contributed by atoms with E-state index in [0.29, 0.717) is 0 Å².